The lowest BCUT2D eigenvalue weighted by Gasteiger charge is -2.44. The minimum atomic E-state index is 0.173. The zero-order chi connectivity index (χ0) is 14.0. The van der Waals surface area contributed by atoms with E-state index in [4.69, 9.17) is 10.2 Å². The van der Waals surface area contributed by atoms with E-state index in [-0.39, 0.29) is 11.6 Å². The molecule has 1 aliphatic rings. The quantitative estimate of drug-likeness (QED) is 0.925. The smallest absolute Gasteiger partial charge is 0.136 e. The molecule has 0 aromatic carbocycles. The van der Waals surface area contributed by atoms with Gasteiger partial charge >= 0.3 is 0 Å². The van der Waals surface area contributed by atoms with Crippen LogP contribution in [0.1, 0.15) is 32.6 Å². The van der Waals surface area contributed by atoms with Gasteiger partial charge in [-0.05, 0) is 42.8 Å². The number of piperazine rings is 1. The van der Waals surface area contributed by atoms with Crippen LogP contribution in [0, 0.1) is 0 Å². The van der Waals surface area contributed by atoms with Crippen LogP contribution in [0.25, 0.3) is 0 Å². The van der Waals surface area contributed by atoms with E-state index >= 15 is 0 Å². The van der Waals surface area contributed by atoms with Gasteiger partial charge in [0.05, 0.1) is 16.8 Å². The summed E-state index contributed by atoms with van der Waals surface area (Å²) in [6.45, 7) is 11.6. The van der Waals surface area contributed by atoms with Gasteiger partial charge in [0.2, 0.25) is 0 Å². The van der Waals surface area contributed by atoms with Gasteiger partial charge in [0, 0.05) is 38.3 Å². The predicted octanol–water partition coefficient (Wildman–Crippen LogP) is 2.46. The molecule has 1 atom stereocenters. The number of halogens is 1. The molecule has 1 saturated heterocycles. The predicted molar refractivity (Wildman–Crippen MR) is 81.1 cm³/mol. The molecule has 5 heteroatoms. The summed E-state index contributed by atoms with van der Waals surface area (Å²) in [5.74, 6) is 0.951. The third-order valence-electron chi connectivity index (χ3n) is 3.87. The van der Waals surface area contributed by atoms with Crippen molar-refractivity contribution in [1.29, 1.82) is 0 Å². The van der Waals surface area contributed by atoms with E-state index in [1.807, 2.05) is 6.07 Å². The second-order valence-corrected chi connectivity index (χ2v) is 6.93. The Kier molecular flexibility index (Phi) is 4.71. The summed E-state index contributed by atoms with van der Waals surface area (Å²) in [6.07, 6.45) is 1.72. The minimum absolute atomic E-state index is 0.173. The molecule has 2 heterocycles. The molecule has 4 nitrogen and oxygen atoms in total. The standard InChI is InChI=1S/C14H24BrN3O/c1-14(2,3)18-7-5-17(6-8-18)12(10-16)13-11(15)4-9-19-13/h4,9,12H,5-8,10,16H2,1-3H3. The minimum Gasteiger partial charge on any atom is -0.466 e. The van der Waals surface area contributed by atoms with E-state index in [0.29, 0.717) is 6.54 Å². The van der Waals surface area contributed by atoms with Crippen molar-refractivity contribution < 1.29 is 4.42 Å². The van der Waals surface area contributed by atoms with Gasteiger partial charge < -0.3 is 10.2 Å². The molecule has 108 valence electrons. The molecule has 1 unspecified atom stereocenters. The summed E-state index contributed by atoms with van der Waals surface area (Å²) in [5, 5.41) is 0. The van der Waals surface area contributed by atoms with Gasteiger partial charge in [-0.3, -0.25) is 9.80 Å². The number of rotatable bonds is 3. The first-order chi connectivity index (χ1) is 8.93. The fourth-order valence-electron chi connectivity index (χ4n) is 2.67. The largest absolute Gasteiger partial charge is 0.466 e. The Hall–Kier alpha value is -0.360. The topological polar surface area (TPSA) is 45.6 Å². The average molecular weight is 330 g/mol. The molecule has 0 spiro atoms. The SMILES string of the molecule is CC(C)(C)N1CCN(C(CN)c2occc2Br)CC1. The Morgan fingerprint density at radius 1 is 1.32 bits per heavy atom. The zero-order valence-electron chi connectivity index (χ0n) is 12.0. The van der Waals surface area contributed by atoms with Gasteiger partial charge in [-0.1, -0.05) is 0 Å². The van der Waals surface area contributed by atoms with E-state index in [1.165, 1.54) is 0 Å². The van der Waals surface area contributed by atoms with Crippen LogP contribution in [-0.2, 0) is 0 Å². The summed E-state index contributed by atoms with van der Waals surface area (Å²) in [5.41, 5.74) is 6.19. The summed E-state index contributed by atoms with van der Waals surface area (Å²) in [6, 6.07) is 2.11. The van der Waals surface area contributed by atoms with Crippen molar-refractivity contribution in [3.63, 3.8) is 0 Å². The molecule has 19 heavy (non-hydrogen) atoms. The first kappa shape index (κ1) is 15.0. The fourth-order valence-corrected chi connectivity index (χ4v) is 3.14. The lowest BCUT2D eigenvalue weighted by atomic mass is 10.0. The lowest BCUT2D eigenvalue weighted by molar-refractivity contribution is 0.0386. The maximum absolute atomic E-state index is 5.95. The Labute approximate surface area is 124 Å². The first-order valence-electron chi connectivity index (χ1n) is 6.85. The van der Waals surface area contributed by atoms with Crippen LogP contribution in [0.2, 0.25) is 0 Å². The van der Waals surface area contributed by atoms with Crippen molar-refractivity contribution in [2.24, 2.45) is 5.73 Å². The summed E-state index contributed by atoms with van der Waals surface area (Å²) >= 11 is 3.53. The van der Waals surface area contributed by atoms with E-state index in [9.17, 15) is 0 Å². The van der Waals surface area contributed by atoms with Crippen LogP contribution in [0.4, 0.5) is 0 Å². The highest BCUT2D eigenvalue weighted by atomic mass is 79.9. The number of nitrogens with two attached hydrogens (primary N) is 1. The van der Waals surface area contributed by atoms with Crippen molar-refractivity contribution in [1.82, 2.24) is 9.80 Å². The van der Waals surface area contributed by atoms with Crippen molar-refractivity contribution in [3.8, 4) is 0 Å². The fraction of sp³-hybridized carbons (Fsp3) is 0.714. The Bertz CT molecular complexity index is 405. The Morgan fingerprint density at radius 3 is 2.37 bits per heavy atom. The van der Waals surface area contributed by atoms with Crippen LogP contribution in [0.5, 0.6) is 0 Å². The first-order valence-corrected chi connectivity index (χ1v) is 7.65. The Balaban J connectivity index is 2.02. The van der Waals surface area contributed by atoms with Gasteiger partial charge in [0.25, 0.3) is 0 Å². The second-order valence-electron chi connectivity index (χ2n) is 6.08. The van der Waals surface area contributed by atoms with Gasteiger partial charge in [0.1, 0.15) is 5.76 Å². The second kappa shape index (κ2) is 5.95. The van der Waals surface area contributed by atoms with E-state index in [2.05, 4.69) is 46.5 Å². The molecule has 0 aliphatic carbocycles. The molecule has 0 saturated carbocycles. The highest BCUT2D eigenvalue weighted by molar-refractivity contribution is 9.10. The third-order valence-corrected chi connectivity index (χ3v) is 4.53. The molecule has 1 aromatic rings. The van der Waals surface area contributed by atoms with Gasteiger partial charge in [-0.15, -0.1) is 0 Å². The molecular weight excluding hydrogens is 306 g/mol. The number of nitrogens with zero attached hydrogens (tertiary/aromatic N) is 2. The molecule has 1 aliphatic heterocycles. The molecule has 0 radical (unpaired) electrons. The highest BCUT2D eigenvalue weighted by Crippen LogP contribution is 2.29. The molecule has 1 aromatic heterocycles. The maximum Gasteiger partial charge on any atom is 0.136 e. The van der Waals surface area contributed by atoms with Crippen molar-refractivity contribution in [2.75, 3.05) is 32.7 Å². The van der Waals surface area contributed by atoms with Crippen LogP contribution in [0.3, 0.4) is 0 Å². The summed E-state index contributed by atoms with van der Waals surface area (Å²) < 4.78 is 6.60. The summed E-state index contributed by atoms with van der Waals surface area (Å²) in [7, 11) is 0. The molecule has 1 fully saturated rings. The Morgan fingerprint density at radius 2 is 1.95 bits per heavy atom. The van der Waals surface area contributed by atoms with Crippen LogP contribution >= 0.6 is 15.9 Å². The van der Waals surface area contributed by atoms with Crippen LogP contribution < -0.4 is 5.73 Å². The van der Waals surface area contributed by atoms with Crippen molar-refractivity contribution in [2.45, 2.75) is 32.4 Å². The molecule has 2 N–H and O–H groups in total. The normalized spacial score (nSPS) is 20.7. The van der Waals surface area contributed by atoms with E-state index in [0.717, 1.165) is 36.4 Å². The lowest BCUT2D eigenvalue weighted by Crippen LogP contribution is -2.54. The van der Waals surface area contributed by atoms with Gasteiger partial charge in [-0.2, -0.15) is 0 Å². The highest BCUT2D eigenvalue weighted by Gasteiger charge is 2.30. The average Bonchev–Trinajstić information content (AvgIpc) is 2.76. The maximum atomic E-state index is 5.95. The number of hydrogen-bond donors (Lipinski definition) is 1. The van der Waals surface area contributed by atoms with Crippen molar-refractivity contribution in [3.05, 3.63) is 22.6 Å². The van der Waals surface area contributed by atoms with Crippen LogP contribution in [-0.4, -0.2) is 48.1 Å². The molecule has 0 amide bonds. The molecular formula is C14H24BrN3O. The third kappa shape index (κ3) is 3.40. The monoisotopic (exact) mass is 329 g/mol. The van der Waals surface area contributed by atoms with Crippen molar-refractivity contribution >= 4 is 15.9 Å². The van der Waals surface area contributed by atoms with Gasteiger partial charge in [-0.25, -0.2) is 0 Å². The number of hydrogen-bond acceptors (Lipinski definition) is 4. The number of furan rings is 1. The van der Waals surface area contributed by atoms with Gasteiger partial charge in [0.15, 0.2) is 0 Å². The molecule has 2 rings (SSSR count). The zero-order valence-corrected chi connectivity index (χ0v) is 13.6. The van der Waals surface area contributed by atoms with E-state index in [1.54, 1.807) is 6.26 Å². The summed E-state index contributed by atoms with van der Waals surface area (Å²) in [4.78, 5) is 4.94. The molecule has 0 bridgehead atoms. The van der Waals surface area contributed by atoms with Crippen LogP contribution in [0.15, 0.2) is 21.2 Å². The van der Waals surface area contributed by atoms with E-state index < -0.39 is 0 Å².